The first kappa shape index (κ1) is 14.7. The fourth-order valence-corrected chi connectivity index (χ4v) is 2.69. The van der Waals surface area contributed by atoms with Crippen molar-refractivity contribution in [3.05, 3.63) is 35.5 Å². The first-order chi connectivity index (χ1) is 10.8. The Kier molecular flexibility index (Phi) is 4.81. The number of amides is 2. The van der Waals surface area contributed by atoms with Gasteiger partial charge in [-0.3, -0.25) is 5.32 Å². The second kappa shape index (κ2) is 7.19. The van der Waals surface area contributed by atoms with E-state index in [0.29, 0.717) is 25.7 Å². The van der Waals surface area contributed by atoms with Gasteiger partial charge in [0.2, 0.25) is 5.95 Å². The molecule has 1 fully saturated rings. The predicted octanol–water partition coefficient (Wildman–Crippen LogP) is 1.70. The van der Waals surface area contributed by atoms with Crippen molar-refractivity contribution in [2.75, 3.05) is 36.5 Å². The van der Waals surface area contributed by atoms with E-state index in [1.807, 2.05) is 17.5 Å². The van der Waals surface area contributed by atoms with E-state index in [0.717, 1.165) is 23.8 Å². The van der Waals surface area contributed by atoms with Crippen LogP contribution in [0.15, 0.2) is 29.8 Å². The van der Waals surface area contributed by atoms with Crippen LogP contribution in [0.2, 0.25) is 0 Å². The highest BCUT2D eigenvalue weighted by Gasteiger charge is 2.14. The third kappa shape index (κ3) is 3.92. The molecule has 1 saturated heterocycles. The Bertz CT molecular complexity index is 613. The lowest BCUT2D eigenvalue weighted by Gasteiger charge is -2.26. The number of carbonyl (C=O) groups is 1. The zero-order chi connectivity index (χ0) is 15.2. The van der Waals surface area contributed by atoms with Crippen molar-refractivity contribution in [1.29, 1.82) is 0 Å². The fourth-order valence-electron chi connectivity index (χ4n) is 2.08. The van der Waals surface area contributed by atoms with Gasteiger partial charge in [-0.15, -0.1) is 11.3 Å². The molecule has 0 unspecified atom stereocenters. The standard InChI is InChI=1S/C14H17N5O2S/c20-14(18-12-2-1-9-22-12)16-10-11-3-4-15-13(17-11)19-5-7-21-8-6-19/h1-4,9H,5-8,10H2,(H2,16,18,20). The van der Waals surface area contributed by atoms with Crippen LogP contribution in [0.3, 0.4) is 0 Å². The lowest BCUT2D eigenvalue weighted by atomic mass is 10.4. The number of nitrogens with zero attached hydrogens (tertiary/aromatic N) is 3. The van der Waals surface area contributed by atoms with Crippen LogP contribution in [0.4, 0.5) is 15.7 Å². The first-order valence-corrected chi connectivity index (χ1v) is 7.92. The normalized spacial score (nSPS) is 14.6. The van der Waals surface area contributed by atoms with Crippen molar-refractivity contribution in [3.63, 3.8) is 0 Å². The molecule has 2 amide bonds. The van der Waals surface area contributed by atoms with E-state index in [-0.39, 0.29) is 6.03 Å². The molecule has 2 N–H and O–H groups in total. The molecule has 0 atom stereocenters. The van der Waals surface area contributed by atoms with Crippen LogP contribution in [-0.2, 0) is 11.3 Å². The molecule has 3 heterocycles. The summed E-state index contributed by atoms with van der Waals surface area (Å²) in [6, 6.07) is 5.30. The smallest absolute Gasteiger partial charge is 0.320 e. The van der Waals surface area contributed by atoms with Crippen LogP contribution in [0.25, 0.3) is 0 Å². The molecule has 0 spiro atoms. The maximum atomic E-state index is 11.8. The van der Waals surface area contributed by atoms with E-state index in [9.17, 15) is 4.79 Å². The average molecular weight is 319 g/mol. The molecule has 22 heavy (non-hydrogen) atoms. The summed E-state index contributed by atoms with van der Waals surface area (Å²) in [5, 5.41) is 8.28. The minimum Gasteiger partial charge on any atom is -0.378 e. The van der Waals surface area contributed by atoms with Crippen molar-refractivity contribution < 1.29 is 9.53 Å². The molecule has 8 heteroatoms. The number of ether oxygens (including phenoxy) is 1. The second-order valence-electron chi connectivity index (χ2n) is 4.73. The van der Waals surface area contributed by atoms with Crippen molar-refractivity contribution in [1.82, 2.24) is 15.3 Å². The Balaban J connectivity index is 1.54. The van der Waals surface area contributed by atoms with E-state index in [4.69, 9.17) is 4.74 Å². The lowest BCUT2D eigenvalue weighted by Crippen LogP contribution is -2.37. The van der Waals surface area contributed by atoms with Gasteiger partial charge in [-0.05, 0) is 23.6 Å². The highest BCUT2D eigenvalue weighted by atomic mass is 32.1. The van der Waals surface area contributed by atoms with Gasteiger partial charge in [0.05, 0.1) is 30.5 Å². The van der Waals surface area contributed by atoms with Gasteiger partial charge in [0.15, 0.2) is 0 Å². The fraction of sp³-hybridized carbons (Fsp3) is 0.357. The number of anilines is 2. The Morgan fingerprint density at radius 3 is 3.00 bits per heavy atom. The monoisotopic (exact) mass is 319 g/mol. The maximum absolute atomic E-state index is 11.8. The number of aromatic nitrogens is 2. The molecule has 0 bridgehead atoms. The SMILES string of the molecule is O=C(NCc1ccnc(N2CCOCC2)n1)Nc1cccs1. The van der Waals surface area contributed by atoms with Crippen molar-refractivity contribution in [2.24, 2.45) is 0 Å². The summed E-state index contributed by atoms with van der Waals surface area (Å²) in [5.41, 5.74) is 0.776. The number of urea groups is 1. The third-order valence-electron chi connectivity index (χ3n) is 3.18. The molecule has 0 aromatic carbocycles. The van der Waals surface area contributed by atoms with Gasteiger partial charge in [-0.25, -0.2) is 14.8 Å². The minimum absolute atomic E-state index is 0.242. The number of hydrogen-bond donors (Lipinski definition) is 2. The van der Waals surface area contributed by atoms with E-state index in [2.05, 4.69) is 25.5 Å². The Labute approximate surface area is 132 Å². The summed E-state index contributed by atoms with van der Waals surface area (Å²) in [6.45, 7) is 3.31. The quantitative estimate of drug-likeness (QED) is 0.896. The van der Waals surface area contributed by atoms with E-state index >= 15 is 0 Å². The van der Waals surface area contributed by atoms with E-state index in [1.165, 1.54) is 11.3 Å². The van der Waals surface area contributed by atoms with Crippen LogP contribution in [0.5, 0.6) is 0 Å². The van der Waals surface area contributed by atoms with Gasteiger partial charge in [-0.1, -0.05) is 0 Å². The molecule has 1 aliphatic rings. The maximum Gasteiger partial charge on any atom is 0.320 e. The van der Waals surface area contributed by atoms with Gasteiger partial charge in [0, 0.05) is 19.3 Å². The summed E-state index contributed by atoms with van der Waals surface area (Å²) in [6.07, 6.45) is 1.71. The zero-order valence-electron chi connectivity index (χ0n) is 12.0. The summed E-state index contributed by atoms with van der Waals surface area (Å²) in [7, 11) is 0. The molecular weight excluding hydrogens is 302 g/mol. The summed E-state index contributed by atoms with van der Waals surface area (Å²) >= 11 is 1.48. The van der Waals surface area contributed by atoms with Crippen LogP contribution in [-0.4, -0.2) is 42.3 Å². The van der Waals surface area contributed by atoms with Crippen LogP contribution in [0.1, 0.15) is 5.69 Å². The summed E-state index contributed by atoms with van der Waals surface area (Å²) in [5.74, 6) is 0.682. The van der Waals surface area contributed by atoms with Crippen LogP contribution < -0.4 is 15.5 Å². The molecule has 116 valence electrons. The molecule has 0 aliphatic carbocycles. The van der Waals surface area contributed by atoms with Gasteiger partial charge in [0.25, 0.3) is 0 Å². The van der Waals surface area contributed by atoms with E-state index in [1.54, 1.807) is 12.3 Å². The number of rotatable bonds is 4. The number of carbonyl (C=O) groups excluding carboxylic acids is 1. The largest absolute Gasteiger partial charge is 0.378 e. The highest BCUT2D eigenvalue weighted by molar-refractivity contribution is 7.14. The molecule has 2 aromatic rings. The van der Waals surface area contributed by atoms with Gasteiger partial charge >= 0.3 is 6.03 Å². The Hall–Kier alpha value is -2.19. The highest BCUT2D eigenvalue weighted by Crippen LogP contribution is 2.14. The molecule has 0 saturated carbocycles. The summed E-state index contributed by atoms with van der Waals surface area (Å²) < 4.78 is 5.32. The molecule has 3 rings (SSSR count). The molecule has 2 aromatic heterocycles. The molecular formula is C14H17N5O2S. The number of thiophene rings is 1. The van der Waals surface area contributed by atoms with E-state index < -0.39 is 0 Å². The molecule has 7 nitrogen and oxygen atoms in total. The van der Waals surface area contributed by atoms with Gasteiger partial charge in [0.1, 0.15) is 0 Å². The molecule has 0 radical (unpaired) electrons. The van der Waals surface area contributed by atoms with Crippen molar-refractivity contribution >= 4 is 28.3 Å². The number of hydrogen-bond acceptors (Lipinski definition) is 6. The Morgan fingerprint density at radius 2 is 2.23 bits per heavy atom. The lowest BCUT2D eigenvalue weighted by molar-refractivity contribution is 0.122. The molecule has 1 aliphatic heterocycles. The topological polar surface area (TPSA) is 79.4 Å². The zero-order valence-corrected chi connectivity index (χ0v) is 12.8. The first-order valence-electron chi connectivity index (χ1n) is 7.04. The second-order valence-corrected chi connectivity index (χ2v) is 5.68. The van der Waals surface area contributed by atoms with Crippen LogP contribution >= 0.6 is 11.3 Å². The van der Waals surface area contributed by atoms with Gasteiger partial charge in [-0.2, -0.15) is 0 Å². The number of morpholine rings is 1. The Morgan fingerprint density at radius 1 is 1.36 bits per heavy atom. The minimum atomic E-state index is -0.242. The van der Waals surface area contributed by atoms with Gasteiger partial charge < -0.3 is 15.0 Å². The predicted molar refractivity (Wildman–Crippen MR) is 85.2 cm³/mol. The van der Waals surface area contributed by atoms with Crippen molar-refractivity contribution in [3.8, 4) is 0 Å². The van der Waals surface area contributed by atoms with Crippen molar-refractivity contribution in [2.45, 2.75) is 6.54 Å². The summed E-state index contributed by atoms with van der Waals surface area (Å²) in [4.78, 5) is 22.6. The van der Waals surface area contributed by atoms with Crippen LogP contribution in [0, 0.1) is 0 Å². The third-order valence-corrected chi connectivity index (χ3v) is 3.97. The average Bonchev–Trinajstić information content (AvgIpc) is 3.07. The number of nitrogens with one attached hydrogen (secondary N) is 2.